The van der Waals surface area contributed by atoms with Gasteiger partial charge >= 0.3 is 40.8 Å². The molecule has 3 unspecified atom stereocenters. The molecule has 6 atom stereocenters. The molecule has 5 N–H and O–H groups in total. The fraction of sp³-hybridized carbons (Fsp3) is 0.636. The van der Waals surface area contributed by atoms with Gasteiger partial charge in [0.05, 0.1) is 13.7 Å². The van der Waals surface area contributed by atoms with Gasteiger partial charge in [0.1, 0.15) is 18.3 Å². The first-order valence-electron chi connectivity index (χ1n) is 8.53. The minimum Gasteiger partial charge on any atom is -0.467 e. The van der Waals surface area contributed by atoms with Gasteiger partial charge in [-0.3, -0.25) is 4.52 Å². The number of aliphatic hydroxyl groups is 2. The number of phosphoric acid groups is 3. The van der Waals surface area contributed by atoms with E-state index >= 15 is 0 Å². The molecule has 2 aliphatic heterocycles. The molecule has 0 aromatic carbocycles. The first kappa shape index (κ1) is 26.0. The van der Waals surface area contributed by atoms with E-state index in [9.17, 15) is 48.1 Å². The number of nitrogens with one attached hydrogen (secondary N) is 1. The number of aliphatic hydroxyl groups excluding tert-OH is 2. The molecule has 0 spiro atoms. The Bertz CT molecular complexity index is 1170. The predicted octanol–water partition coefficient (Wildman–Crippen LogP) is -2.99. The number of rotatable bonds is 6. The summed E-state index contributed by atoms with van der Waals surface area (Å²) in [5.41, 5.74) is -2.10. The van der Waals surface area contributed by atoms with Crippen molar-refractivity contribution in [1.29, 1.82) is 0 Å². The molecule has 3 rings (SSSR count). The standard InChI is InChI=1S/C11H16N3O16P3/c1-25-6(15)2-13-4-14(11(19)12-10(13)18)9-8(17)7(16)5(27-9)3-26-33(24)29-31(20,21)28-32(22,23)30-33/h4-5,7-9,16-17H,2-3H2,1H3,(H2-,12,18,19,20,21,22,23)/p+1/t5-,7+,8?,9-/m1/s1. The molecule has 0 aliphatic carbocycles. The van der Waals surface area contributed by atoms with Crippen LogP contribution >= 0.6 is 23.5 Å². The molecule has 3 heterocycles. The van der Waals surface area contributed by atoms with Crippen molar-refractivity contribution in [3.05, 3.63) is 27.3 Å². The van der Waals surface area contributed by atoms with Crippen molar-refractivity contribution in [3.8, 4) is 0 Å². The van der Waals surface area contributed by atoms with E-state index < -0.39 is 78.5 Å². The Morgan fingerprint density at radius 3 is 2.33 bits per heavy atom. The lowest BCUT2D eigenvalue weighted by Crippen LogP contribution is -2.58. The van der Waals surface area contributed by atoms with E-state index in [2.05, 4.69) is 22.2 Å². The fourth-order valence-electron chi connectivity index (χ4n) is 2.72. The average Bonchev–Trinajstić information content (AvgIpc) is 2.94. The number of ether oxygens (including phenoxy) is 2. The van der Waals surface area contributed by atoms with Crippen molar-refractivity contribution >= 4 is 29.4 Å². The van der Waals surface area contributed by atoms with E-state index in [4.69, 9.17) is 4.74 Å². The van der Waals surface area contributed by atoms with E-state index in [1.165, 1.54) is 0 Å². The predicted molar refractivity (Wildman–Crippen MR) is 95.9 cm³/mol. The second kappa shape index (κ2) is 9.22. The first-order chi connectivity index (χ1) is 15.2. The van der Waals surface area contributed by atoms with Gasteiger partial charge in [-0.15, -0.1) is 0 Å². The van der Waals surface area contributed by atoms with Crippen molar-refractivity contribution in [2.24, 2.45) is 0 Å². The number of carbonyl (C=O) groups excluding carboxylic acids is 1. The van der Waals surface area contributed by atoms with Crippen LogP contribution in [0.5, 0.6) is 0 Å². The summed E-state index contributed by atoms with van der Waals surface area (Å²) in [4.78, 5) is 55.7. The summed E-state index contributed by atoms with van der Waals surface area (Å²) >= 11 is 0. The van der Waals surface area contributed by atoms with Crippen molar-refractivity contribution < 1.29 is 70.0 Å². The lowest BCUT2D eigenvalue weighted by atomic mass is 10.1. The molecule has 0 amide bonds. The Morgan fingerprint density at radius 1 is 1.15 bits per heavy atom. The van der Waals surface area contributed by atoms with E-state index in [0.29, 0.717) is 9.13 Å². The number of methoxy groups -OCH3 is 1. The van der Waals surface area contributed by atoms with E-state index in [0.717, 1.165) is 13.4 Å². The maximum atomic E-state index is 12.3. The van der Waals surface area contributed by atoms with Gasteiger partial charge in [0.2, 0.25) is 12.6 Å². The van der Waals surface area contributed by atoms with Crippen LogP contribution in [0.1, 0.15) is 6.23 Å². The zero-order valence-corrected chi connectivity index (χ0v) is 18.9. The van der Waals surface area contributed by atoms with Crippen LogP contribution in [0.2, 0.25) is 0 Å². The van der Waals surface area contributed by atoms with Crippen LogP contribution < -0.4 is 15.9 Å². The van der Waals surface area contributed by atoms with Crippen LogP contribution in [0, 0.1) is 0 Å². The average molecular weight is 540 g/mol. The molecule has 2 fully saturated rings. The van der Waals surface area contributed by atoms with Gasteiger partial charge in [-0.05, 0) is 0 Å². The minimum atomic E-state index is -5.31. The molecule has 2 aliphatic rings. The Morgan fingerprint density at radius 2 is 1.76 bits per heavy atom. The monoisotopic (exact) mass is 540 g/mol. The van der Waals surface area contributed by atoms with Gasteiger partial charge in [-0.2, -0.15) is 27.1 Å². The summed E-state index contributed by atoms with van der Waals surface area (Å²) in [6, 6.07) is 0. The number of nitrogens with zero attached hydrogens (tertiary/aromatic N) is 2. The summed E-state index contributed by atoms with van der Waals surface area (Å²) in [5, 5.41) is 20.4. The Labute approximate surface area is 181 Å². The van der Waals surface area contributed by atoms with Crippen LogP contribution in [0.3, 0.4) is 0 Å². The maximum absolute atomic E-state index is 12.3. The van der Waals surface area contributed by atoms with Crippen LogP contribution in [0.15, 0.2) is 15.9 Å². The summed E-state index contributed by atoms with van der Waals surface area (Å²) < 4.78 is 62.6. The summed E-state index contributed by atoms with van der Waals surface area (Å²) in [5.74, 6) is -0.849. The Balaban J connectivity index is 1.79. The van der Waals surface area contributed by atoms with Gasteiger partial charge in [0, 0.05) is 0 Å². The highest BCUT2D eigenvalue weighted by Gasteiger charge is 2.55. The van der Waals surface area contributed by atoms with Crippen molar-refractivity contribution in [3.63, 3.8) is 0 Å². The zero-order chi connectivity index (χ0) is 24.8. The normalized spacial score (nSPS) is 38.8. The fourth-order valence-corrected chi connectivity index (χ4v) is 7.65. The number of aromatic nitrogens is 3. The summed E-state index contributed by atoms with van der Waals surface area (Å²) in [6.07, 6.45) is -6.16. The quantitative estimate of drug-likeness (QED) is 0.137. The lowest BCUT2D eigenvalue weighted by Gasteiger charge is -2.27. The van der Waals surface area contributed by atoms with Gasteiger partial charge < -0.3 is 29.5 Å². The molecule has 22 heteroatoms. The van der Waals surface area contributed by atoms with Gasteiger partial charge in [0.15, 0.2) is 6.54 Å². The summed E-state index contributed by atoms with van der Waals surface area (Å²) in [6.45, 7) is -1.63. The molecule has 0 bridgehead atoms. The highest BCUT2D eigenvalue weighted by atomic mass is 31.3. The minimum absolute atomic E-state index is 0.617. The van der Waals surface area contributed by atoms with Crippen LogP contribution in [0.25, 0.3) is 0 Å². The second-order valence-corrected chi connectivity index (χ2v) is 11.4. The molecule has 0 radical (unpaired) electrons. The molecule has 19 nitrogen and oxygen atoms in total. The third-order valence-electron chi connectivity index (χ3n) is 4.12. The number of hydrogen-bond donors (Lipinski definition) is 5. The van der Waals surface area contributed by atoms with Crippen molar-refractivity contribution in [2.45, 2.75) is 31.1 Å². The lowest BCUT2D eigenvalue weighted by molar-refractivity contribution is -0.708. The molecule has 186 valence electrons. The largest absolute Gasteiger partial charge is 0.492 e. The third-order valence-corrected chi connectivity index (χ3v) is 9.49. The number of H-pyrrole nitrogens is 1. The van der Waals surface area contributed by atoms with Crippen molar-refractivity contribution in [2.75, 3.05) is 13.7 Å². The highest BCUT2D eigenvalue weighted by Crippen LogP contribution is 2.80. The number of aromatic amines is 1. The molecule has 2 saturated heterocycles. The maximum Gasteiger partial charge on any atom is 0.492 e. The van der Waals surface area contributed by atoms with Crippen LogP contribution in [-0.4, -0.2) is 67.5 Å². The Hall–Kier alpha value is -1.59. The van der Waals surface area contributed by atoms with Gasteiger partial charge in [-0.1, -0.05) is 0 Å². The molecular formula is C11H17N3O16P3+. The summed E-state index contributed by atoms with van der Waals surface area (Å²) in [7, 11) is -14.7. The van der Waals surface area contributed by atoms with E-state index in [1.807, 2.05) is 4.98 Å². The first-order valence-corrected chi connectivity index (χ1v) is 13.0. The SMILES string of the molecule is COC(=O)C[n+]1cn([C@@H]2O[C@H](COP3(=O)OP(=O)(O)OP(=O)(O)O3)[C@H](O)C2O)c(=O)[nH]c1=O. The molecule has 1 aromatic heterocycles. The Kier molecular flexibility index (Phi) is 7.27. The molecule has 0 saturated carbocycles. The molecule has 33 heavy (non-hydrogen) atoms. The third kappa shape index (κ3) is 5.92. The molecular weight excluding hydrogens is 523 g/mol. The number of hydrogen-bond acceptors (Lipinski definition) is 14. The number of esters is 1. The molecule has 1 aromatic rings. The zero-order valence-electron chi connectivity index (χ0n) is 16.2. The second-order valence-electron chi connectivity index (χ2n) is 6.43. The van der Waals surface area contributed by atoms with Crippen molar-refractivity contribution in [1.82, 2.24) is 9.55 Å². The topological polar surface area (TPSA) is 263 Å². The van der Waals surface area contributed by atoms with Gasteiger partial charge in [0.25, 0.3) is 0 Å². The van der Waals surface area contributed by atoms with E-state index in [1.54, 1.807) is 0 Å². The van der Waals surface area contributed by atoms with Gasteiger partial charge in [-0.25, -0.2) is 28.1 Å². The van der Waals surface area contributed by atoms with E-state index in [-0.39, 0.29) is 0 Å². The van der Waals surface area contributed by atoms with Crippen LogP contribution in [-0.2, 0) is 52.0 Å². The smallest absolute Gasteiger partial charge is 0.467 e. The highest BCUT2D eigenvalue weighted by molar-refractivity contribution is 7.74. The number of carbonyl (C=O) groups is 1. The van der Waals surface area contributed by atoms with Crippen LogP contribution in [0.4, 0.5) is 0 Å².